The molecular formula is C18H19ClN6O2S. The molecule has 1 aliphatic heterocycles. The number of hydrogen-bond donors (Lipinski definition) is 2. The van der Waals surface area contributed by atoms with Gasteiger partial charge in [0, 0.05) is 24.7 Å². The molecule has 3 aromatic heterocycles. The highest BCUT2D eigenvalue weighted by molar-refractivity contribution is 7.13. The topological polar surface area (TPSA) is 108 Å². The van der Waals surface area contributed by atoms with E-state index in [0.29, 0.717) is 43.1 Å². The molecule has 0 radical (unpaired) electrons. The van der Waals surface area contributed by atoms with E-state index >= 15 is 0 Å². The van der Waals surface area contributed by atoms with Crippen molar-refractivity contribution >= 4 is 28.8 Å². The Bertz CT molecular complexity index is 1080. The van der Waals surface area contributed by atoms with Gasteiger partial charge in [-0.05, 0) is 32.8 Å². The summed E-state index contributed by atoms with van der Waals surface area (Å²) in [5.41, 5.74) is 4.06. The molecule has 1 saturated heterocycles. The molecule has 2 N–H and O–H groups in total. The Morgan fingerprint density at radius 1 is 1.32 bits per heavy atom. The van der Waals surface area contributed by atoms with E-state index in [1.54, 1.807) is 16.5 Å². The standard InChI is InChI=1S/C18H19ClN6O2S/c1-9-7-12(24-23-9)18(27)25-5-3-11(4-6-25)14-13(19)17(26)22-16(21-14)15-10(2)20-8-28-15/h7-8,11H,3-6H2,1-2H3,(H,23,24)(H,21,22,26). The van der Waals surface area contributed by atoms with Gasteiger partial charge in [-0.25, -0.2) is 9.97 Å². The number of carbonyl (C=O) groups is 1. The van der Waals surface area contributed by atoms with Gasteiger partial charge in [0.2, 0.25) is 0 Å². The number of carbonyl (C=O) groups excluding carboxylic acids is 1. The van der Waals surface area contributed by atoms with Crippen molar-refractivity contribution in [3.05, 3.63) is 49.7 Å². The highest BCUT2D eigenvalue weighted by atomic mass is 35.5. The second kappa shape index (κ2) is 7.48. The van der Waals surface area contributed by atoms with E-state index < -0.39 is 0 Å². The third kappa shape index (κ3) is 3.47. The Balaban J connectivity index is 1.55. The molecule has 4 rings (SSSR count). The summed E-state index contributed by atoms with van der Waals surface area (Å²) in [7, 11) is 0. The predicted octanol–water partition coefficient (Wildman–Crippen LogP) is 2.91. The predicted molar refractivity (Wildman–Crippen MR) is 107 cm³/mol. The number of likely N-dealkylation sites (tertiary alicyclic amines) is 1. The number of nitrogens with one attached hydrogen (secondary N) is 2. The largest absolute Gasteiger partial charge is 0.337 e. The number of hydrogen-bond acceptors (Lipinski definition) is 6. The van der Waals surface area contributed by atoms with Crippen LogP contribution in [0.15, 0.2) is 16.4 Å². The Morgan fingerprint density at radius 3 is 2.68 bits per heavy atom. The molecule has 3 aromatic rings. The van der Waals surface area contributed by atoms with Gasteiger partial charge in [0.05, 0.1) is 21.8 Å². The number of halogens is 1. The lowest BCUT2D eigenvalue weighted by Crippen LogP contribution is -2.38. The van der Waals surface area contributed by atoms with Gasteiger partial charge in [0.1, 0.15) is 10.7 Å². The smallest absolute Gasteiger partial charge is 0.274 e. The van der Waals surface area contributed by atoms with Gasteiger partial charge in [0.15, 0.2) is 5.82 Å². The molecular weight excluding hydrogens is 400 g/mol. The Hall–Kier alpha value is -2.52. The summed E-state index contributed by atoms with van der Waals surface area (Å²) >= 11 is 7.71. The van der Waals surface area contributed by atoms with Gasteiger partial charge in [-0.2, -0.15) is 5.10 Å². The van der Waals surface area contributed by atoms with Crippen LogP contribution in [-0.4, -0.2) is 49.0 Å². The molecule has 28 heavy (non-hydrogen) atoms. The zero-order valence-electron chi connectivity index (χ0n) is 15.5. The number of aryl methyl sites for hydroxylation is 2. The van der Waals surface area contributed by atoms with E-state index in [2.05, 4.69) is 25.1 Å². The highest BCUT2D eigenvalue weighted by Crippen LogP contribution is 2.32. The third-order valence-electron chi connectivity index (χ3n) is 4.94. The Kier molecular flexibility index (Phi) is 5.03. The summed E-state index contributed by atoms with van der Waals surface area (Å²) in [5.74, 6) is 0.426. The van der Waals surface area contributed by atoms with Crippen molar-refractivity contribution in [2.24, 2.45) is 0 Å². The van der Waals surface area contributed by atoms with Crippen molar-refractivity contribution in [2.45, 2.75) is 32.6 Å². The summed E-state index contributed by atoms with van der Waals surface area (Å²) in [6.45, 7) is 4.87. The number of amides is 1. The van der Waals surface area contributed by atoms with Crippen molar-refractivity contribution in [1.82, 2.24) is 30.0 Å². The van der Waals surface area contributed by atoms with E-state index in [9.17, 15) is 9.59 Å². The van der Waals surface area contributed by atoms with Gasteiger partial charge in [-0.1, -0.05) is 11.6 Å². The lowest BCUT2D eigenvalue weighted by atomic mass is 9.93. The van der Waals surface area contributed by atoms with Crippen molar-refractivity contribution < 1.29 is 4.79 Å². The van der Waals surface area contributed by atoms with Crippen molar-refractivity contribution in [2.75, 3.05) is 13.1 Å². The molecule has 0 unspecified atom stereocenters. The Labute approximate surface area is 170 Å². The van der Waals surface area contributed by atoms with Crippen LogP contribution in [0.1, 0.15) is 46.3 Å². The molecule has 0 bridgehead atoms. The fourth-order valence-electron chi connectivity index (χ4n) is 3.43. The minimum atomic E-state index is -0.347. The van der Waals surface area contributed by atoms with Crippen LogP contribution in [0.5, 0.6) is 0 Å². The summed E-state index contributed by atoms with van der Waals surface area (Å²) < 4.78 is 0. The average Bonchev–Trinajstić information content (AvgIpc) is 3.32. The van der Waals surface area contributed by atoms with Crippen LogP contribution in [-0.2, 0) is 0 Å². The molecule has 1 aliphatic rings. The zero-order valence-corrected chi connectivity index (χ0v) is 17.0. The fraction of sp³-hybridized carbons (Fsp3) is 0.389. The highest BCUT2D eigenvalue weighted by Gasteiger charge is 2.29. The van der Waals surface area contributed by atoms with Gasteiger partial charge in [0.25, 0.3) is 11.5 Å². The number of thiazole rings is 1. The maximum atomic E-state index is 12.6. The normalized spacial score (nSPS) is 15.2. The van der Waals surface area contributed by atoms with Crippen LogP contribution in [0, 0.1) is 13.8 Å². The van der Waals surface area contributed by atoms with E-state index in [1.165, 1.54) is 11.3 Å². The van der Waals surface area contributed by atoms with Crippen molar-refractivity contribution in [3.8, 4) is 10.7 Å². The van der Waals surface area contributed by atoms with Crippen LogP contribution in [0.4, 0.5) is 0 Å². The quantitative estimate of drug-likeness (QED) is 0.679. The number of aromatic nitrogens is 5. The van der Waals surface area contributed by atoms with Crippen LogP contribution in [0.25, 0.3) is 10.7 Å². The van der Waals surface area contributed by atoms with Crippen LogP contribution < -0.4 is 5.56 Å². The molecule has 146 valence electrons. The number of nitrogens with zero attached hydrogens (tertiary/aromatic N) is 4. The van der Waals surface area contributed by atoms with Crippen molar-refractivity contribution in [1.29, 1.82) is 0 Å². The molecule has 0 saturated carbocycles. The van der Waals surface area contributed by atoms with Crippen LogP contribution >= 0.6 is 22.9 Å². The summed E-state index contributed by atoms with van der Waals surface area (Å²) in [5, 5.41) is 6.96. The molecule has 0 spiro atoms. The maximum Gasteiger partial charge on any atom is 0.274 e. The lowest BCUT2D eigenvalue weighted by molar-refractivity contribution is 0.0706. The van der Waals surface area contributed by atoms with Gasteiger partial charge in [-0.3, -0.25) is 14.7 Å². The second-order valence-corrected chi connectivity index (χ2v) is 8.12. The first-order chi connectivity index (χ1) is 13.4. The second-order valence-electron chi connectivity index (χ2n) is 6.88. The first kappa shape index (κ1) is 18.8. The maximum absolute atomic E-state index is 12.6. The zero-order chi connectivity index (χ0) is 19.8. The van der Waals surface area contributed by atoms with Gasteiger partial charge >= 0.3 is 0 Å². The van der Waals surface area contributed by atoms with Crippen molar-refractivity contribution in [3.63, 3.8) is 0 Å². The SMILES string of the molecule is Cc1cc(C(=O)N2CCC(c3nc(-c4scnc4C)[nH]c(=O)c3Cl)CC2)n[nH]1. The van der Waals surface area contributed by atoms with E-state index in [0.717, 1.165) is 16.3 Å². The molecule has 1 amide bonds. The average molecular weight is 419 g/mol. The fourth-order valence-corrected chi connectivity index (χ4v) is 4.42. The minimum absolute atomic E-state index is 0.0201. The number of rotatable bonds is 3. The van der Waals surface area contributed by atoms with Gasteiger partial charge in [-0.15, -0.1) is 11.3 Å². The number of H-pyrrole nitrogens is 2. The molecule has 4 heterocycles. The molecule has 10 heteroatoms. The summed E-state index contributed by atoms with van der Waals surface area (Å²) in [6, 6.07) is 1.74. The molecule has 1 fully saturated rings. The summed E-state index contributed by atoms with van der Waals surface area (Å²) in [6.07, 6.45) is 1.37. The van der Waals surface area contributed by atoms with E-state index in [1.807, 2.05) is 13.8 Å². The van der Waals surface area contributed by atoms with E-state index in [4.69, 9.17) is 11.6 Å². The first-order valence-corrected chi connectivity index (χ1v) is 10.2. The first-order valence-electron chi connectivity index (χ1n) is 8.95. The summed E-state index contributed by atoms with van der Waals surface area (Å²) in [4.78, 5) is 39.1. The lowest BCUT2D eigenvalue weighted by Gasteiger charge is -2.31. The minimum Gasteiger partial charge on any atom is -0.337 e. The molecule has 0 aliphatic carbocycles. The van der Waals surface area contributed by atoms with E-state index in [-0.39, 0.29) is 22.4 Å². The van der Waals surface area contributed by atoms with Crippen LogP contribution in [0.3, 0.4) is 0 Å². The molecule has 0 aromatic carbocycles. The Morgan fingerprint density at radius 2 is 2.07 bits per heavy atom. The van der Waals surface area contributed by atoms with Gasteiger partial charge < -0.3 is 9.88 Å². The third-order valence-corrected chi connectivity index (χ3v) is 6.24. The monoisotopic (exact) mass is 418 g/mol. The number of piperidine rings is 1. The van der Waals surface area contributed by atoms with Crippen LogP contribution in [0.2, 0.25) is 5.02 Å². The molecule has 8 nitrogen and oxygen atoms in total. The number of aromatic amines is 2. The molecule has 0 atom stereocenters.